The molecule has 2 aromatic carbocycles. The molecular weight excluding hydrogens is 458 g/mol. The fourth-order valence-electron chi connectivity index (χ4n) is 4.40. The molecule has 182 valence electrons. The number of hydrogen-bond donors (Lipinski definition) is 1. The Morgan fingerprint density at radius 3 is 2.50 bits per heavy atom. The van der Waals surface area contributed by atoms with Gasteiger partial charge in [0.1, 0.15) is 5.75 Å². The van der Waals surface area contributed by atoms with Crippen LogP contribution in [0.5, 0.6) is 5.75 Å². The van der Waals surface area contributed by atoms with E-state index in [-0.39, 0.29) is 36.9 Å². The van der Waals surface area contributed by atoms with E-state index in [0.717, 1.165) is 5.69 Å². The number of nitrogens with one attached hydrogen (secondary N) is 1. The molecule has 1 unspecified atom stereocenters. The molecule has 9 heteroatoms. The van der Waals surface area contributed by atoms with Crippen molar-refractivity contribution in [1.82, 2.24) is 20.1 Å². The number of ether oxygens (including phenoxy) is 1. The smallest absolute Gasteiger partial charge is 0.275 e. The SMILES string of the molecule is COc1ccc(N2CC(C(=O)NCc3nn(Cc4ccccn4)c(=O)c4ccccc34)CC2=O)cc1. The topological polar surface area (TPSA) is 106 Å². The van der Waals surface area contributed by atoms with E-state index in [9.17, 15) is 14.4 Å². The van der Waals surface area contributed by atoms with Crippen molar-refractivity contribution in [2.45, 2.75) is 19.5 Å². The highest BCUT2D eigenvalue weighted by Crippen LogP contribution is 2.27. The number of benzene rings is 2. The molecule has 0 aliphatic carbocycles. The average Bonchev–Trinajstić information content (AvgIpc) is 3.31. The molecule has 1 aliphatic rings. The molecular formula is C27H25N5O4. The summed E-state index contributed by atoms with van der Waals surface area (Å²) < 4.78 is 6.54. The van der Waals surface area contributed by atoms with Gasteiger partial charge in [-0.1, -0.05) is 24.3 Å². The van der Waals surface area contributed by atoms with Gasteiger partial charge in [-0.3, -0.25) is 19.4 Å². The number of carbonyl (C=O) groups excluding carboxylic acids is 2. The number of rotatable bonds is 7. The second kappa shape index (κ2) is 9.99. The zero-order valence-corrected chi connectivity index (χ0v) is 19.8. The Morgan fingerprint density at radius 1 is 1.03 bits per heavy atom. The van der Waals surface area contributed by atoms with E-state index in [1.54, 1.807) is 54.6 Å². The second-order valence-electron chi connectivity index (χ2n) is 8.60. The van der Waals surface area contributed by atoms with Gasteiger partial charge in [-0.05, 0) is 42.5 Å². The minimum Gasteiger partial charge on any atom is -0.497 e. The molecule has 1 aliphatic heterocycles. The zero-order valence-electron chi connectivity index (χ0n) is 19.8. The average molecular weight is 484 g/mol. The molecule has 1 saturated heterocycles. The van der Waals surface area contributed by atoms with E-state index >= 15 is 0 Å². The summed E-state index contributed by atoms with van der Waals surface area (Å²) in [4.78, 5) is 44.5. The lowest BCUT2D eigenvalue weighted by atomic mass is 10.1. The third kappa shape index (κ3) is 4.68. The summed E-state index contributed by atoms with van der Waals surface area (Å²) in [6.45, 7) is 0.652. The minimum absolute atomic E-state index is 0.104. The summed E-state index contributed by atoms with van der Waals surface area (Å²) in [6.07, 6.45) is 1.80. The van der Waals surface area contributed by atoms with Crippen LogP contribution in [0, 0.1) is 5.92 Å². The van der Waals surface area contributed by atoms with Crippen molar-refractivity contribution in [3.63, 3.8) is 0 Å². The highest BCUT2D eigenvalue weighted by Gasteiger charge is 2.35. The van der Waals surface area contributed by atoms with E-state index in [4.69, 9.17) is 4.74 Å². The van der Waals surface area contributed by atoms with Crippen molar-refractivity contribution >= 4 is 28.3 Å². The van der Waals surface area contributed by atoms with Gasteiger partial charge in [0.05, 0.1) is 42.9 Å². The van der Waals surface area contributed by atoms with Crippen LogP contribution in [-0.2, 0) is 22.7 Å². The lowest BCUT2D eigenvalue weighted by Crippen LogP contribution is -2.34. The summed E-state index contributed by atoms with van der Waals surface area (Å²) in [6, 6.07) is 19.9. The molecule has 36 heavy (non-hydrogen) atoms. The maximum atomic E-state index is 13.0. The summed E-state index contributed by atoms with van der Waals surface area (Å²) in [7, 11) is 1.58. The van der Waals surface area contributed by atoms with Crippen LogP contribution in [0.4, 0.5) is 5.69 Å². The highest BCUT2D eigenvalue weighted by atomic mass is 16.5. The first-order chi connectivity index (χ1) is 17.5. The van der Waals surface area contributed by atoms with Gasteiger partial charge in [0.25, 0.3) is 5.56 Å². The van der Waals surface area contributed by atoms with Gasteiger partial charge in [0.2, 0.25) is 11.8 Å². The first kappa shape index (κ1) is 23.2. The molecule has 0 bridgehead atoms. The largest absolute Gasteiger partial charge is 0.497 e. The van der Waals surface area contributed by atoms with Crippen LogP contribution in [0.25, 0.3) is 10.8 Å². The minimum atomic E-state index is -0.481. The van der Waals surface area contributed by atoms with Crippen molar-refractivity contribution in [3.8, 4) is 5.75 Å². The van der Waals surface area contributed by atoms with Crippen molar-refractivity contribution < 1.29 is 14.3 Å². The van der Waals surface area contributed by atoms with Crippen LogP contribution in [0.3, 0.4) is 0 Å². The van der Waals surface area contributed by atoms with Gasteiger partial charge in [-0.2, -0.15) is 5.10 Å². The summed E-state index contributed by atoms with van der Waals surface area (Å²) in [5.74, 6) is -0.116. The highest BCUT2D eigenvalue weighted by molar-refractivity contribution is 6.00. The number of amides is 2. The van der Waals surface area contributed by atoms with Gasteiger partial charge >= 0.3 is 0 Å². The number of aromatic nitrogens is 3. The van der Waals surface area contributed by atoms with E-state index in [1.165, 1.54) is 4.68 Å². The number of hydrogen-bond acceptors (Lipinski definition) is 6. The van der Waals surface area contributed by atoms with Crippen molar-refractivity contribution in [2.75, 3.05) is 18.6 Å². The van der Waals surface area contributed by atoms with Crippen LogP contribution in [-0.4, -0.2) is 40.2 Å². The number of fused-ring (bicyclic) bond motifs is 1. The van der Waals surface area contributed by atoms with E-state index in [0.29, 0.717) is 34.5 Å². The van der Waals surface area contributed by atoms with Gasteiger partial charge in [0.15, 0.2) is 0 Å². The molecule has 2 aromatic heterocycles. The molecule has 3 heterocycles. The fraction of sp³-hybridized carbons (Fsp3) is 0.222. The third-order valence-electron chi connectivity index (χ3n) is 6.29. The zero-order chi connectivity index (χ0) is 25.1. The van der Waals surface area contributed by atoms with Crippen LogP contribution in [0.15, 0.2) is 77.7 Å². The predicted molar refractivity (Wildman–Crippen MR) is 135 cm³/mol. The molecule has 0 spiro atoms. The monoisotopic (exact) mass is 483 g/mol. The number of pyridine rings is 1. The number of anilines is 1. The van der Waals surface area contributed by atoms with E-state index in [1.807, 2.05) is 30.3 Å². The molecule has 0 saturated carbocycles. The van der Waals surface area contributed by atoms with Crippen molar-refractivity contribution in [2.24, 2.45) is 5.92 Å². The second-order valence-corrected chi connectivity index (χ2v) is 8.60. The first-order valence-electron chi connectivity index (χ1n) is 11.6. The lowest BCUT2D eigenvalue weighted by molar-refractivity contribution is -0.126. The van der Waals surface area contributed by atoms with Gasteiger partial charge in [-0.25, -0.2) is 4.68 Å². The summed E-state index contributed by atoms with van der Waals surface area (Å²) in [5, 5.41) is 8.68. The molecule has 1 fully saturated rings. The Hall–Kier alpha value is -4.53. The van der Waals surface area contributed by atoms with E-state index < -0.39 is 5.92 Å². The lowest BCUT2D eigenvalue weighted by Gasteiger charge is -2.17. The predicted octanol–water partition coefficient (Wildman–Crippen LogP) is 2.52. The fourth-order valence-corrected chi connectivity index (χ4v) is 4.40. The van der Waals surface area contributed by atoms with Crippen LogP contribution in [0.2, 0.25) is 0 Å². The number of nitrogens with zero attached hydrogens (tertiary/aromatic N) is 4. The molecule has 4 aromatic rings. The Labute approximate surface area is 207 Å². The third-order valence-corrected chi connectivity index (χ3v) is 6.29. The Kier molecular flexibility index (Phi) is 6.44. The maximum Gasteiger partial charge on any atom is 0.275 e. The van der Waals surface area contributed by atoms with Gasteiger partial charge in [-0.15, -0.1) is 0 Å². The maximum absolute atomic E-state index is 13.0. The number of methoxy groups -OCH3 is 1. The Bertz CT molecular complexity index is 1470. The Balaban J connectivity index is 1.33. The van der Waals surface area contributed by atoms with Crippen LogP contribution < -0.4 is 20.5 Å². The molecule has 2 amide bonds. The normalized spacial score (nSPS) is 15.3. The van der Waals surface area contributed by atoms with Crippen LogP contribution >= 0.6 is 0 Å². The quantitative estimate of drug-likeness (QED) is 0.433. The molecule has 9 nitrogen and oxygen atoms in total. The standard InChI is InChI=1S/C27H25N5O4/c1-36-21-11-9-20(10-12-21)31-16-18(14-25(31)33)26(34)29-15-24-22-7-2-3-8-23(22)27(35)32(30-24)17-19-6-4-5-13-28-19/h2-13,18H,14-17H2,1H3,(H,29,34). The van der Waals surface area contributed by atoms with Crippen molar-refractivity contribution in [1.29, 1.82) is 0 Å². The molecule has 5 rings (SSSR count). The number of carbonyl (C=O) groups is 2. The van der Waals surface area contributed by atoms with Crippen molar-refractivity contribution in [3.05, 3.63) is 94.7 Å². The van der Waals surface area contributed by atoms with Gasteiger partial charge < -0.3 is 15.0 Å². The van der Waals surface area contributed by atoms with E-state index in [2.05, 4.69) is 15.4 Å². The molecule has 0 radical (unpaired) electrons. The summed E-state index contributed by atoms with van der Waals surface area (Å²) >= 11 is 0. The van der Waals surface area contributed by atoms with Gasteiger partial charge in [0, 0.05) is 30.2 Å². The Morgan fingerprint density at radius 2 is 1.78 bits per heavy atom. The molecule has 1 N–H and O–H groups in total. The van der Waals surface area contributed by atoms with Crippen LogP contribution in [0.1, 0.15) is 17.8 Å². The summed E-state index contributed by atoms with van der Waals surface area (Å²) in [5.41, 5.74) is 1.79. The first-order valence-corrected chi connectivity index (χ1v) is 11.6. The molecule has 1 atom stereocenters.